The number of ether oxygens (including phenoxy) is 1. The number of benzene rings is 1. The topological polar surface area (TPSA) is 52.1 Å². The van der Waals surface area contributed by atoms with Crippen LogP contribution in [0.25, 0.3) is 0 Å². The van der Waals surface area contributed by atoms with Crippen LogP contribution in [0, 0.1) is 5.82 Å². The first-order valence-corrected chi connectivity index (χ1v) is 9.32. The molecule has 1 aromatic rings. The molecule has 1 aliphatic rings. The van der Waals surface area contributed by atoms with Gasteiger partial charge in [0.05, 0.1) is 12.3 Å². The van der Waals surface area contributed by atoms with Crippen LogP contribution in [-0.2, 0) is 4.74 Å². The molecule has 0 spiro atoms. The van der Waals surface area contributed by atoms with Gasteiger partial charge in [0, 0.05) is 52.9 Å². The maximum Gasteiger partial charge on any atom is 0.191 e. The number of hydrogen-bond acceptors (Lipinski definition) is 4. The summed E-state index contributed by atoms with van der Waals surface area (Å²) in [6.07, 6.45) is 1.04. The average molecular weight is 493 g/mol. The third-order valence-electron chi connectivity index (χ3n) is 4.53. The summed E-state index contributed by atoms with van der Waals surface area (Å²) in [7, 11) is 3.47. The van der Waals surface area contributed by atoms with Gasteiger partial charge < -0.3 is 20.3 Å². The van der Waals surface area contributed by atoms with E-state index in [1.165, 1.54) is 6.07 Å². The number of nitrogens with zero attached hydrogens (tertiary/aromatic N) is 3. The second-order valence-electron chi connectivity index (χ2n) is 6.63. The minimum absolute atomic E-state index is 0. The molecule has 1 saturated heterocycles. The van der Waals surface area contributed by atoms with Crippen molar-refractivity contribution in [3.05, 3.63) is 30.1 Å². The molecule has 8 heteroatoms. The van der Waals surface area contributed by atoms with Gasteiger partial charge in [-0.25, -0.2) is 4.39 Å². The Morgan fingerprint density at radius 3 is 2.59 bits per heavy atom. The highest BCUT2D eigenvalue weighted by Gasteiger charge is 2.18. The molecule has 27 heavy (non-hydrogen) atoms. The van der Waals surface area contributed by atoms with Crippen LogP contribution in [0.2, 0.25) is 0 Å². The van der Waals surface area contributed by atoms with Crippen LogP contribution in [0.15, 0.2) is 29.3 Å². The molecule has 154 valence electrons. The van der Waals surface area contributed by atoms with Gasteiger partial charge in [-0.05, 0) is 32.0 Å². The van der Waals surface area contributed by atoms with Crippen molar-refractivity contribution in [2.75, 3.05) is 64.9 Å². The molecule has 0 aliphatic carbocycles. The lowest BCUT2D eigenvalue weighted by atomic mass is 10.2. The third kappa shape index (κ3) is 8.18. The second kappa shape index (κ2) is 13.1. The number of para-hydroxylation sites is 1. The largest absolute Gasteiger partial charge is 0.383 e. The van der Waals surface area contributed by atoms with E-state index in [4.69, 9.17) is 4.74 Å². The van der Waals surface area contributed by atoms with Gasteiger partial charge in [-0.15, -0.1) is 24.0 Å². The second-order valence-corrected chi connectivity index (χ2v) is 6.63. The van der Waals surface area contributed by atoms with E-state index in [1.807, 2.05) is 12.1 Å². The number of guanidine groups is 1. The van der Waals surface area contributed by atoms with E-state index in [-0.39, 0.29) is 35.8 Å². The smallest absolute Gasteiger partial charge is 0.191 e. The lowest BCUT2D eigenvalue weighted by Gasteiger charge is -2.36. The van der Waals surface area contributed by atoms with Gasteiger partial charge in [0.1, 0.15) is 5.82 Å². The molecule has 6 nitrogen and oxygen atoms in total. The van der Waals surface area contributed by atoms with Crippen LogP contribution in [0.1, 0.15) is 13.3 Å². The molecule has 0 saturated carbocycles. The molecule has 1 unspecified atom stereocenters. The zero-order valence-electron chi connectivity index (χ0n) is 16.6. The molecular weight excluding hydrogens is 460 g/mol. The van der Waals surface area contributed by atoms with Gasteiger partial charge in [0.15, 0.2) is 5.96 Å². The fourth-order valence-electron chi connectivity index (χ4n) is 3.15. The quantitative estimate of drug-likeness (QED) is 0.252. The van der Waals surface area contributed by atoms with Gasteiger partial charge in [-0.1, -0.05) is 12.1 Å². The third-order valence-corrected chi connectivity index (χ3v) is 4.53. The molecule has 2 rings (SSSR count). The Hall–Kier alpha value is -1.13. The maximum absolute atomic E-state index is 13.9. The highest BCUT2D eigenvalue weighted by molar-refractivity contribution is 14.0. The minimum Gasteiger partial charge on any atom is -0.383 e. The van der Waals surface area contributed by atoms with E-state index in [9.17, 15) is 4.39 Å². The van der Waals surface area contributed by atoms with Gasteiger partial charge in [-0.2, -0.15) is 0 Å². The zero-order valence-corrected chi connectivity index (χ0v) is 18.9. The van der Waals surface area contributed by atoms with E-state index in [2.05, 4.69) is 32.3 Å². The van der Waals surface area contributed by atoms with Crippen molar-refractivity contribution in [2.45, 2.75) is 19.4 Å². The molecule has 0 radical (unpaired) electrons. The number of rotatable bonds is 8. The highest BCUT2D eigenvalue weighted by Crippen LogP contribution is 2.20. The summed E-state index contributed by atoms with van der Waals surface area (Å²) < 4.78 is 19.0. The van der Waals surface area contributed by atoms with Crippen molar-refractivity contribution >= 4 is 35.6 Å². The average Bonchev–Trinajstić information content (AvgIpc) is 2.65. The Kier molecular flexibility index (Phi) is 11.6. The summed E-state index contributed by atoms with van der Waals surface area (Å²) in [6, 6.07) is 7.24. The first kappa shape index (κ1) is 23.9. The zero-order chi connectivity index (χ0) is 18.8. The Balaban J connectivity index is 0.00000364. The van der Waals surface area contributed by atoms with E-state index < -0.39 is 0 Å². The molecule has 1 fully saturated rings. The Morgan fingerprint density at radius 2 is 1.96 bits per heavy atom. The Bertz CT molecular complexity index is 567. The number of halogens is 2. The van der Waals surface area contributed by atoms with Crippen molar-refractivity contribution in [3.8, 4) is 0 Å². The van der Waals surface area contributed by atoms with Crippen molar-refractivity contribution in [1.29, 1.82) is 0 Å². The molecule has 0 amide bonds. The number of anilines is 1. The molecular formula is C19H33FIN5O. The molecule has 1 atom stereocenters. The lowest BCUT2D eigenvalue weighted by molar-refractivity contribution is 0.179. The van der Waals surface area contributed by atoms with Gasteiger partial charge >= 0.3 is 0 Å². The first-order chi connectivity index (χ1) is 12.6. The fraction of sp³-hybridized carbons (Fsp3) is 0.632. The summed E-state index contributed by atoms with van der Waals surface area (Å²) in [5.41, 5.74) is 0.717. The summed E-state index contributed by atoms with van der Waals surface area (Å²) in [4.78, 5) is 8.79. The molecule has 0 aromatic heterocycles. The normalized spacial score (nSPS) is 16.6. The van der Waals surface area contributed by atoms with Crippen LogP contribution in [-0.4, -0.2) is 76.9 Å². The van der Waals surface area contributed by atoms with Gasteiger partial charge in [-0.3, -0.25) is 9.89 Å². The van der Waals surface area contributed by atoms with Crippen molar-refractivity contribution in [3.63, 3.8) is 0 Å². The van der Waals surface area contributed by atoms with Crippen LogP contribution >= 0.6 is 24.0 Å². The van der Waals surface area contributed by atoms with Crippen LogP contribution in [0.3, 0.4) is 0 Å². The minimum atomic E-state index is -0.133. The highest BCUT2D eigenvalue weighted by atomic mass is 127. The van der Waals surface area contributed by atoms with Crippen LogP contribution < -0.4 is 15.5 Å². The molecule has 2 N–H and O–H groups in total. The maximum atomic E-state index is 13.9. The lowest BCUT2D eigenvalue weighted by Crippen LogP contribution is -2.48. The summed E-state index contributed by atoms with van der Waals surface area (Å²) in [5.74, 6) is 0.672. The van der Waals surface area contributed by atoms with Crippen molar-refractivity contribution in [2.24, 2.45) is 4.99 Å². The van der Waals surface area contributed by atoms with Crippen molar-refractivity contribution < 1.29 is 9.13 Å². The van der Waals surface area contributed by atoms with Crippen LogP contribution in [0.5, 0.6) is 0 Å². The monoisotopic (exact) mass is 493 g/mol. The number of hydrogen-bond donors (Lipinski definition) is 2. The molecule has 1 heterocycles. The number of piperazine rings is 1. The standard InChI is InChI=1S/C19H32FN5O.HI/c1-16(15-26-3)23-19(21-2)22-9-6-10-24-11-13-25(14-12-24)18-8-5-4-7-17(18)20;/h4-5,7-8,16H,6,9-15H2,1-3H3,(H2,21,22,23);1H. The number of aliphatic imine (C=N–C) groups is 1. The molecule has 1 aliphatic heterocycles. The van der Waals surface area contributed by atoms with E-state index in [1.54, 1.807) is 20.2 Å². The van der Waals surface area contributed by atoms with E-state index in [0.29, 0.717) is 12.3 Å². The van der Waals surface area contributed by atoms with E-state index >= 15 is 0 Å². The first-order valence-electron chi connectivity index (χ1n) is 9.32. The van der Waals surface area contributed by atoms with E-state index in [0.717, 1.165) is 51.6 Å². The summed E-state index contributed by atoms with van der Waals surface area (Å²) >= 11 is 0. The summed E-state index contributed by atoms with van der Waals surface area (Å²) in [5, 5.41) is 6.63. The Morgan fingerprint density at radius 1 is 1.26 bits per heavy atom. The Labute approximate surface area is 179 Å². The fourth-order valence-corrected chi connectivity index (χ4v) is 3.15. The van der Waals surface area contributed by atoms with Crippen molar-refractivity contribution in [1.82, 2.24) is 15.5 Å². The number of nitrogens with one attached hydrogen (secondary N) is 2. The molecule has 0 bridgehead atoms. The predicted octanol–water partition coefficient (Wildman–Crippen LogP) is 2.16. The molecule has 1 aromatic carbocycles. The number of methoxy groups -OCH3 is 1. The SMILES string of the molecule is CN=C(NCCCN1CCN(c2ccccc2F)CC1)NC(C)COC.I. The predicted molar refractivity (Wildman–Crippen MR) is 121 cm³/mol. The van der Waals surface area contributed by atoms with Gasteiger partial charge in [0.25, 0.3) is 0 Å². The summed E-state index contributed by atoms with van der Waals surface area (Å²) in [6.45, 7) is 8.27. The van der Waals surface area contributed by atoms with Crippen LogP contribution in [0.4, 0.5) is 10.1 Å². The van der Waals surface area contributed by atoms with Gasteiger partial charge in [0.2, 0.25) is 0 Å².